The molecule has 3 aromatic rings. The lowest BCUT2D eigenvalue weighted by molar-refractivity contribution is 0.0744. The van der Waals surface area contributed by atoms with Gasteiger partial charge in [-0.05, 0) is 44.2 Å². The van der Waals surface area contributed by atoms with Crippen molar-refractivity contribution in [1.82, 2.24) is 19.0 Å². The zero-order valence-electron chi connectivity index (χ0n) is 17.4. The molecule has 0 N–H and O–H groups in total. The lowest BCUT2D eigenvalue weighted by Gasteiger charge is -2.36. The number of hydrogen-bond donors (Lipinski definition) is 0. The van der Waals surface area contributed by atoms with Crippen molar-refractivity contribution in [3.63, 3.8) is 0 Å². The molecule has 2 aromatic heterocycles. The molecule has 8 nitrogen and oxygen atoms in total. The minimum atomic E-state index is -0.280. The molecule has 0 saturated carbocycles. The Balaban J connectivity index is 1.51. The molecule has 1 fully saturated rings. The summed E-state index contributed by atoms with van der Waals surface area (Å²) in [7, 11) is 1.64. The largest absolute Gasteiger partial charge is 0.368 e. The Hall–Kier alpha value is -3.42. The first-order valence-electron chi connectivity index (χ1n) is 10.1. The first-order chi connectivity index (χ1) is 14.4. The van der Waals surface area contributed by atoms with Gasteiger partial charge in [-0.3, -0.25) is 19.0 Å². The number of carbonyl (C=O) groups excluding carboxylic acids is 1. The number of hydrogen-bond acceptors (Lipinski definition) is 5. The third-order valence-electron chi connectivity index (χ3n) is 5.61. The van der Waals surface area contributed by atoms with Crippen LogP contribution >= 0.6 is 0 Å². The average Bonchev–Trinajstić information content (AvgIpc) is 2.75. The van der Waals surface area contributed by atoms with Gasteiger partial charge in [-0.25, -0.2) is 4.98 Å². The molecule has 0 aliphatic carbocycles. The predicted octanol–water partition coefficient (Wildman–Crippen LogP) is 1.64. The molecule has 0 spiro atoms. The summed E-state index contributed by atoms with van der Waals surface area (Å²) >= 11 is 0. The molecule has 1 aliphatic rings. The summed E-state index contributed by atoms with van der Waals surface area (Å²) in [4.78, 5) is 45.9. The molecular formula is C22H25N5O3. The van der Waals surface area contributed by atoms with E-state index in [1.54, 1.807) is 41.2 Å². The maximum absolute atomic E-state index is 12.8. The zero-order valence-corrected chi connectivity index (χ0v) is 17.4. The van der Waals surface area contributed by atoms with E-state index in [0.29, 0.717) is 37.1 Å². The predicted molar refractivity (Wildman–Crippen MR) is 116 cm³/mol. The second-order valence-electron chi connectivity index (χ2n) is 7.87. The fourth-order valence-electron chi connectivity index (χ4n) is 3.79. The van der Waals surface area contributed by atoms with Crippen LogP contribution in [-0.4, -0.2) is 51.1 Å². The van der Waals surface area contributed by atoms with Crippen molar-refractivity contribution in [2.24, 2.45) is 7.05 Å². The SMILES string of the molecule is CC(C)n1cnc2cc(N3CCN(C(=O)c4cccn(C)c4=O)CC3)ccc2c1=O. The fraction of sp³-hybridized carbons (Fsp3) is 0.364. The van der Waals surface area contributed by atoms with Crippen molar-refractivity contribution < 1.29 is 4.79 Å². The van der Waals surface area contributed by atoms with Gasteiger partial charge in [0.25, 0.3) is 17.0 Å². The van der Waals surface area contributed by atoms with E-state index in [1.165, 1.54) is 4.57 Å². The lowest BCUT2D eigenvalue weighted by Crippen LogP contribution is -2.49. The van der Waals surface area contributed by atoms with E-state index in [-0.39, 0.29) is 28.6 Å². The molecule has 0 radical (unpaired) electrons. The normalized spacial score (nSPS) is 14.5. The van der Waals surface area contributed by atoms with Crippen LogP contribution in [0, 0.1) is 0 Å². The van der Waals surface area contributed by atoms with Gasteiger partial charge in [-0.1, -0.05) is 0 Å². The number of anilines is 1. The summed E-state index contributed by atoms with van der Waals surface area (Å²) in [6, 6.07) is 9.02. The van der Waals surface area contributed by atoms with Gasteiger partial charge in [-0.2, -0.15) is 0 Å². The van der Waals surface area contributed by atoms with Gasteiger partial charge >= 0.3 is 0 Å². The minimum Gasteiger partial charge on any atom is -0.368 e. The van der Waals surface area contributed by atoms with Crippen molar-refractivity contribution in [1.29, 1.82) is 0 Å². The molecule has 0 bridgehead atoms. The first kappa shape index (κ1) is 19.9. The number of aromatic nitrogens is 3. The number of fused-ring (bicyclic) bond motifs is 1. The molecule has 1 aromatic carbocycles. The Morgan fingerprint density at radius 1 is 1.03 bits per heavy atom. The van der Waals surface area contributed by atoms with Crippen LogP contribution in [-0.2, 0) is 7.05 Å². The highest BCUT2D eigenvalue weighted by molar-refractivity contribution is 5.94. The lowest BCUT2D eigenvalue weighted by atomic mass is 10.1. The summed E-state index contributed by atoms with van der Waals surface area (Å²) in [5.41, 5.74) is 1.52. The summed E-state index contributed by atoms with van der Waals surface area (Å²) in [5, 5.41) is 0.601. The molecule has 8 heteroatoms. The molecule has 1 amide bonds. The van der Waals surface area contributed by atoms with E-state index < -0.39 is 0 Å². The molecule has 30 heavy (non-hydrogen) atoms. The second-order valence-corrected chi connectivity index (χ2v) is 7.87. The van der Waals surface area contributed by atoms with Crippen LogP contribution in [0.1, 0.15) is 30.2 Å². The first-order valence-corrected chi connectivity index (χ1v) is 10.1. The Bertz CT molecular complexity index is 1220. The van der Waals surface area contributed by atoms with E-state index in [2.05, 4.69) is 9.88 Å². The van der Waals surface area contributed by atoms with Gasteiger partial charge in [-0.15, -0.1) is 0 Å². The zero-order chi connectivity index (χ0) is 21.4. The van der Waals surface area contributed by atoms with Crippen LogP contribution < -0.4 is 16.0 Å². The Kier molecular flexibility index (Phi) is 5.15. The third-order valence-corrected chi connectivity index (χ3v) is 5.61. The number of carbonyl (C=O) groups is 1. The Morgan fingerprint density at radius 2 is 1.77 bits per heavy atom. The van der Waals surface area contributed by atoms with Crippen LogP contribution in [0.2, 0.25) is 0 Å². The molecule has 4 rings (SSSR count). The highest BCUT2D eigenvalue weighted by Gasteiger charge is 2.24. The second kappa shape index (κ2) is 7.78. The minimum absolute atomic E-state index is 0.0404. The number of rotatable bonds is 3. The maximum atomic E-state index is 12.8. The maximum Gasteiger partial charge on any atom is 0.263 e. The van der Waals surface area contributed by atoms with E-state index in [9.17, 15) is 14.4 Å². The van der Waals surface area contributed by atoms with Crippen molar-refractivity contribution in [3.8, 4) is 0 Å². The number of nitrogens with zero attached hydrogens (tertiary/aromatic N) is 5. The average molecular weight is 407 g/mol. The van der Waals surface area contributed by atoms with Crippen LogP contribution in [0.3, 0.4) is 0 Å². The Morgan fingerprint density at radius 3 is 2.47 bits per heavy atom. The summed E-state index contributed by atoms with van der Waals surface area (Å²) in [5.74, 6) is -0.231. The standard InChI is InChI=1S/C22H25N5O3/c1-15(2)27-14-23-19-13-16(6-7-17(19)22(27)30)25-9-11-26(12-10-25)21(29)18-5-4-8-24(3)20(18)28/h4-8,13-15H,9-12H2,1-3H3. The van der Waals surface area contributed by atoms with Crippen LogP contribution in [0.5, 0.6) is 0 Å². The van der Waals surface area contributed by atoms with Crippen LogP contribution in [0.25, 0.3) is 10.9 Å². The molecule has 3 heterocycles. The number of pyridine rings is 1. The van der Waals surface area contributed by atoms with Gasteiger partial charge in [0.05, 0.1) is 17.2 Å². The number of amides is 1. The van der Waals surface area contributed by atoms with E-state index >= 15 is 0 Å². The highest BCUT2D eigenvalue weighted by Crippen LogP contribution is 2.21. The smallest absolute Gasteiger partial charge is 0.263 e. The summed E-state index contributed by atoms with van der Waals surface area (Å²) in [6.07, 6.45) is 3.23. The quantitative estimate of drug-likeness (QED) is 0.659. The van der Waals surface area contributed by atoms with Gasteiger partial charge in [0.1, 0.15) is 5.56 Å². The van der Waals surface area contributed by atoms with E-state index in [1.807, 2.05) is 32.0 Å². The molecule has 156 valence electrons. The molecule has 0 atom stereocenters. The number of benzene rings is 1. The monoisotopic (exact) mass is 407 g/mol. The molecule has 1 saturated heterocycles. The van der Waals surface area contributed by atoms with E-state index in [4.69, 9.17) is 0 Å². The van der Waals surface area contributed by atoms with Gasteiger partial charge in [0.2, 0.25) is 0 Å². The van der Waals surface area contributed by atoms with Gasteiger partial charge in [0, 0.05) is 51.2 Å². The number of piperazine rings is 1. The molecular weight excluding hydrogens is 382 g/mol. The van der Waals surface area contributed by atoms with Crippen molar-refractivity contribution in [2.75, 3.05) is 31.1 Å². The highest BCUT2D eigenvalue weighted by atomic mass is 16.2. The van der Waals surface area contributed by atoms with Crippen molar-refractivity contribution >= 4 is 22.5 Å². The van der Waals surface area contributed by atoms with E-state index in [0.717, 1.165) is 5.69 Å². The number of aryl methyl sites for hydroxylation is 1. The van der Waals surface area contributed by atoms with Crippen LogP contribution in [0.15, 0.2) is 52.4 Å². The van der Waals surface area contributed by atoms with Gasteiger partial charge in [0.15, 0.2) is 0 Å². The van der Waals surface area contributed by atoms with Crippen molar-refractivity contribution in [3.05, 3.63) is 69.1 Å². The third kappa shape index (κ3) is 3.49. The molecule has 0 unspecified atom stereocenters. The van der Waals surface area contributed by atoms with Gasteiger partial charge < -0.3 is 14.4 Å². The summed E-state index contributed by atoms with van der Waals surface area (Å²) in [6.45, 7) is 6.25. The van der Waals surface area contributed by atoms with Crippen molar-refractivity contribution in [2.45, 2.75) is 19.9 Å². The molecule has 1 aliphatic heterocycles. The topological polar surface area (TPSA) is 80.4 Å². The fourth-order valence-corrected chi connectivity index (χ4v) is 3.79. The summed E-state index contributed by atoms with van der Waals surface area (Å²) < 4.78 is 3.04. The van der Waals surface area contributed by atoms with Crippen LogP contribution in [0.4, 0.5) is 5.69 Å². The Labute approximate surface area is 174 Å².